The Morgan fingerprint density at radius 2 is 1.84 bits per heavy atom. The van der Waals surface area contributed by atoms with Crippen molar-refractivity contribution >= 4 is 21.7 Å². The van der Waals surface area contributed by atoms with Gasteiger partial charge in [0, 0.05) is 17.7 Å². The summed E-state index contributed by atoms with van der Waals surface area (Å²) in [6.45, 7) is 3.34. The number of carbonyl (C=O) groups is 1. The highest BCUT2D eigenvalue weighted by molar-refractivity contribution is 7.89. The molecule has 8 nitrogen and oxygen atoms in total. The van der Waals surface area contributed by atoms with Crippen LogP contribution in [0.1, 0.15) is 31.4 Å². The van der Waals surface area contributed by atoms with E-state index >= 15 is 0 Å². The summed E-state index contributed by atoms with van der Waals surface area (Å²) in [5.74, 6) is -1.03. The van der Waals surface area contributed by atoms with Crippen LogP contribution in [0.4, 0.5) is 5.69 Å². The minimum Gasteiger partial charge on any atom is -0.466 e. The third kappa shape index (κ3) is 2.87. The van der Waals surface area contributed by atoms with E-state index in [4.69, 9.17) is 4.74 Å². The Kier molecular flexibility index (Phi) is 4.88. The highest BCUT2D eigenvalue weighted by Gasteiger charge is 2.58. The standard InChI is InChI=1S/C22H22N2O6S/c1-14-20(21(25)30-3)17-13-12-15-8-4-5-9-16(15)22(17,2)23(14)31(28,29)19-11-7-6-10-18(19)24(26)27/h4-11,17H,12-13H2,1-3H3/t17-,22-/m1/s1. The minimum atomic E-state index is -4.38. The van der Waals surface area contributed by atoms with Crippen LogP contribution < -0.4 is 0 Å². The number of carbonyl (C=O) groups excluding carboxylic acids is 1. The molecule has 0 fully saturated rings. The zero-order chi connectivity index (χ0) is 22.6. The molecule has 0 spiro atoms. The number of nitro benzene ring substituents is 1. The first-order valence-electron chi connectivity index (χ1n) is 9.82. The number of hydrogen-bond donors (Lipinski definition) is 0. The Hall–Kier alpha value is -3.20. The van der Waals surface area contributed by atoms with E-state index in [-0.39, 0.29) is 5.70 Å². The molecular formula is C22H22N2O6S. The molecule has 1 aliphatic heterocycles. The van der Waals surface area contributed by atoms with Crippen molar-refractivity contribution in [3.8, 4) is 0 Å². The van der Waals surface area contributed by atoms with Gasteiger partial charge in [0.15, 0.2) is 4.90 Å². The van der Waals surface area contributed by atoms with Gasteiger partial charge in [-0.3, -0.25) is 14.4 Å². The predicted molar refractivity (Wildman–Crippen MR) is 112 cm³/mol. The molecule has 1 aliphatic carbocycles. The zero-order valence-corrected chi connectivity index (χ0v) is 18.2. The van der Waals surface area contributed by atoms with Crippen molar-refractivity contribution in [2.24, 2.45) is 5.92 Å². The third-order valence-electron chi connectivity index (χ3n) is 6.39. The molecule has 0 saturated carbocycles. The number of nitrogens with zero attached hydrogens (tertiary/aromatic N) is 2. The topological polar surface area (TPSA) is 107 Å². The zero-order valence-electron chi connectivity index (χ0n) is 17.4. The number of benzene rings is 2. The molecule has 0 amide bonds. The molecule has 162 valence electrons. The highest BCUT2D eigenvalue weighted by Crippen LogP contribution is 2.56. The molecule has 2 atom stereocenters. The van der Waals surface area contributed by atoms with E-state index in [1.54, 1.807) is 13.8 Å². The Labute approximate surface area is 180 Å². The number of hydrogen-bond acceptors (Lipinski definition) is 6. The second kappa shape index (κ2) is 7.19. The lowest BCUT2D eigenvalue weighted by molar-refractivity contribution is -0.387. The number of aryl methyl sites for hydroxylation is 1. The first kappa shape index (κ1) is 21.0. The summed E-state index contributed by atoms with van der Waals surface area (Å²) in [6, 6.07) is 12.8. The van der Waals surface area contributed by atoms with Crippen LogP contribution in [0.15, 0.2) is 64.7 Å². The number of sulfonamides is 1. The first-order valence-corrected chi connectivity index (χ1v) is 11.3. The molecule has 0 aromatic heterocycles. The van der Waals surface area contributed by atoms with Gasteiger partial charge in [0.25, 0.3) is 15.7 Å². The number of allylic oxidation sites excluding steroid dienone is 1. The van der Waals surface area contributed by atoms with Crippen LogP contribution >= 0.6 is 0 Å². The fourth-order valence-corrected chi connectivity index (χ4v) is 7.18. The van der Waals surface area contributed by atoms with Crippen LogP contribution in [0.25, 0.3) is 0 Å². The van der Waals surface area contributed by atoms with Crippen molar-refractivity contribution in [2.45, 2.75) is 37.1 Å². The van der Waals surface area contributed by atoms with E-state index in [1.165, 1.54) is 29.6 Å². The smallest absolute Gasteiger partial charge is 0.335 e. The van der Waals surface area contributed by atoms with Gasteiger partial charge in [-0.15, -0.1) is 0 Å². The fourth-order valence-electron chi connectivity index (χ4n) is 5.14. The molecule has 2 aromatic carbocycles. The highest BCUT2D eigenvalue weighted by atomic mass is 32.2. The van der Waals surface area contributed by atoms with Crippen molar-refractivity contribution in [1.82, 2.24) is 4.31 Å². The largest absolute Gasteiger partial charge is 0.466 e. The van der Waals surface area contributed by atoms with Gasteiger partial charge in [-0.2, -0.15) is 0 Å². The maximum absolute atomic E-state index is 13.9. The molecule has 31 heavy (non-hydrogen) atoms. The number of para-hydroxylation sites is 1. The lowest BCUT2D eigenvalue weighted by Gasteiger charge is -2.45. The Morgan fingerprint density at radius 1 is 1.19 bits per heavy atom. The van der Waals surface area contributed by atoms with Crippen LogP contribution in [-0.4, -0.2) is 30.7 Å². The van der Waals surface area contributed by atoms with Gasteiger partial charge in [-0.05, 0) is 43.9 Å². The van der Waals surface area contributed by atoms with Gasteiger partial charge in [-0.1, -0.05) is 36.4 Å². The summed E-state index contributed by atoms with van der Waals surface area (Å²) in [4.78, 5) is 23.2. The molecule has 0 radical (unpaired) electrons. The fraction of sp³-hybridized carbons (Fsp3) is 0.318. The van der Waals surface area contributed by atoms with E-state index in [9.17, 15) is 23.3 Å². The molecule has 9 heteroatoms. The molecule has 2 aliphatic rings. The van der Waals surface area contributed by atoms with Crippen LogP contribution in [0.5, 0.6) is 0 Å². The third-order valence-corrected chi connectivity index (χ3v) is 8.43. The summed E-state index contributed by atoms with van der Waals surface area (Å²) in [5.41, 5.74) is 0.668. The van der Waals surface area contributed by atoms with Crippen LogP contribution in [0, 0.1) is 16.0 Å². The van der Waals surface area contributed by atoms with E-state index in [0.717, 1.165) is 17.2 Å². The summed E-state index contributed by atoms with van der Waals surface area (Å²) in [5, 5.41) is 11.6. The second-order valence-electron chi connectivity index (χ2n) is 7.88. The molecule has 0 bridgehead atoms. The monoisotopic (exact) mass is 442 g/mol. The van der Waals surface area contributed by atoms with Gasteiger partial charge in [0.05, 0.1) is 23.1 Å². The summed E-state index contributed by atoms with van der Waals surface area (Å²) < 4.78 is 34.0. The second-order valence-corrected chi connectivity index (χ2v) is 9.64. The van der Waals surface area contributed by atoms with Crippen LogP contribution in [-0.2, 0) is 31.5 Å². The van der Waals surface area contributed by atoms with E-state index in [1.807, 2.05) is 24.3 Å². The quantitative estimate of drug-likeness (QED) is 0.407. The van der Waals surface area contributed by atoms with Gasteiger partial charge < -0.3 is 4.74 Å². The van der Waals surface area contributed by atoms with Crippen molar-refractivity contribution in [3.05, 3.63) is 81.0 Å². The van der Waals surface area contributed by atoms with Crippen molar-refractivity contribution < 1.29 is 22.9 Å². The molecule has 0 unspecified atom stereocenters. The SMILES string of the molecule is COC(=O)C1=C(C)N(S(=O)(=O)c2ccccc2[N+](=O)[O-])[C@]2(C)c3ccccc3CC[C@H]12. The van der Waals surface area contributed by atoms with Crippen LogP contribution in [0.2, 0.25) is 0 Å². The predicted octanol–water partition coefficient (Wildman–Crippen LogP) is 3.52. The molecule has 4 rings (SSSR count). The normalized spacial score (nSPS) is 22.7. The maximum Gasteiger partial charge on any atom is 0.335 e. The number of nitro groups is 1. The molecule has 0 N–H and O–H groups in total. The average molecular weight is 442 g/mol. The number of ether oxygens (including phenoxy) is 1. The molecular weight excluding hydrogens is 420 g/mol. The Bertz CT molecular complexity index is 1240. The number of rotatable bonds is 4. The van der Waals surface area contributed by atoms with E-state index in [2.05, 4.69) is 0 Å². The molecule has 2 aromatic rings. The number of methoxy groups -OCH3 is 1. The van der Waals surface area contributed by atoms with Gasteiger partial charge >= 0.3 is 5.97 Å². The number of esters is 1. The van der Waals surface area contributed by atoms with Crippen molar-refractivity contribution in [1.29, 1.82) is 0 Å². The van der Waals surface area contributed by atoms with Gasteiger partial charge in [0.1, 0.15) is 0 Å². The molecule has 0 saturated heterocycles. The van der Waals surface area contributed by atoms with Crippen LogP contribution in [0.3, 0.4) is 0 Å². The van der Waals surface area contributed by atoms with Gasteiger partial charge in [0.2, 0.25) is 0 Å². The lowest BCUT2D eigenvalue weighted by atomic mass is 9.69. The number of fused-ring (bicyclic) bond motifs is 3. The lowest BCUT2D eigenvalue weighted by Crippen LogP contribution is -2.49. The van der Waals surface area contributed by atoms with E-state index in [0.29, 0.717) is 18.4 Å². The maximum atomic E-state index is 13.9. The minimum absolute atomic E-state index is 0.231. The summed E-state index contributed by atoms with van der Waals surface area (Å²) in [7, 11) is -3.12. The Morgan fingerprint density at radius 3 is 2.52 bits per heavy atom. The summed E-state index contributed by atoms with van der Waals surface area (Å²) in [6.07, 6.45) is 1.24. The summed E-state index contributed by atoms with van der Waals surface area (Å²) >= 11 is 0. The van der Waals surface area contributed by atoms with Gasteiger partial charge in [-0.25, -0.2) is 13.2 Å². The van der Waals surface area contributed by atoms with Crippen molar-refractivity contribution in [2.75, 3.05) is 7.11 Å². The Balaban J connectivity index is 2.03. The first-order chi connectivity index (χ1) is 14.7. The molecule has 1 heterocycles. The van der Waals surface area contributed by atoms with E-state index < -0.39 is 43.0 Å². The average Bonchev–Trinajstić information content (AvgIpc) is 3.00. The van der Waals surface area contributed by atoms with Crippen molar-refractivity contribution in [3.63, 3.8) is 0 Å².